The molecule has 116 valence electrons. The van der Waals surface area contributed by atoms with E-state index in [9.17, 15) is 4.79 Å². The molecular formula is C16H23Cl2N2O+. The summed E-state index contributed by atoms with van der Waals surface area (Å²) in [4.78, 5) is 13.8. The molecule has 21 heavy (non-hydrogen) atoms. The molecule has 0 unspecified atom stereocenters. The third-order valence-electron chi connectivity index (χ3n) is 4.24. The normalized spacial score (nSPS) is 27.2. The number of amides is 1. The Balaban J connectivity index is 2.06. The second-order valence-corrected chi connectivity index (χ2v) is 7.13. The van der Waals surface area contributed by atoms with Crippen LogP contribution >= 0.6 is 23.2 Å². The van der Waals surface area contributed by atoms with E-state index in [1.165, 1.54) is 11.3 Å². The van der Waals surface area contributed by atoms with Crippen LogP contribution in [-0.2, 0) is 4.79 Å². The van der Waals surface area contributed by atoms with Gasteiger partial charge in [0.25, 0.3) is 5.91 Å². The zero-order valence-electron chi connectivity index (χ0n) is 12.7. The fourth-order valence-corrected chi connectivity index (χ4v) is 3.71. The van der Waals surface area contributed by atoms with Crippen LogP contribution < -0.4 is 10.2 Å². The van der Waals surface area contributed by atoms with Gasteiger partial charge in [0.15, 0.2) is 6.04 Å². The number of hydrogen-bond donors (Lipinski definition) is 2. The average molecular weight is 330 g/mol. The summed E-state index contributed by atoms with van der Waals surface area (Å²) in [6, 6.07) is 5.11. The molecule has 0 aliphatic carbocycles. The van der Waals surface area contributed by atoms with Gasteiger partial charge in [0, 0.05) is 11.8 Å². The van der Waals surface area contributed by atoms with Crippen LogP contribution in [0.25, 0.3) is 0 Å². The molecule has 5 heteroatoms. The highest BCUT2D eigenvalue weighted by Crippen LogP contribution is 2.29. The van der Waals surface area contributed by atoms with Gasteiger partial charge in [-0.05, 0) is 25.5 Å². The van der Waals surface area contributed by atoms with Crippen molar-refractivity contribution in [3.05, 3.63) is 28.2 Å². The Labute approximate surface area is 136 Å². The summed E-state index contributed by atoms with van der Waals surface area (Å²) in [5, 5.41) is 3.82. The molecule has 1 fully saturated rings. The predicted octanol–water partition coefficient (Wildman–Crippen LogP) is 2.88. The van der Waals surface area contributed by atoms with E-state index in [1.807, 2.05) is 6.92 Å². The Hall–Kier alpha value is -0.770. The van der Waals surface area contributed by atoms with Crippen LogP contribution in [-0.4, -0.2) is 25.0 Å². The van der Waals surface area contributed by atoms with E-state index in [-0.39, 0.29) is 11.9 Å². The Morgan fingerprint density at radius 3 is 2.29 bits per heavy atom. The van der Waals surface area contributed by atoms with Gasteiger partial charge in [0.05, 0.1) is 28.8 Å². The van der Waals surface area contributed by atoms with Crippen molar-refractivity contribution in [3.63, 3.8) is 0 Å². The number of carbonyl (C=O) groups excluding carboxylic acids is 1. The van der Waals surface area contributed by atoms with Crippen LogP contribution in [0.1, 0.15) is 27.2 Å². The third kappa shape index (κ3) is 4.12. The number of halogens is 2. The first-order valence-electron chi connectivity index (χ1n) is 7.48. The van der Waals surface area contributed by atoms with Crippen LogP contribution in [0.2, 0.25) is 10.0 Å². The standard InChI is InChI=1S/C16H22Cl2N2O/c1-10-7-11(2)9-20(8-10)12(3)16(21)19-15-13(17)5-4-6-14(15)18/h4-6,10-12H,7-9H2,1-3H3,(H,19,21)/p+1/t10-,11-,12-/m0/s1. The fourth-order valence-electron chi connectivity index (χ4n) is 3.22. The quantitative estimate of drug-likeness (QED) is 0.878. The maximum Gasteiger partial charge on any atom is 0.282 e. The Bertz CT molecular complexity index is 491. The van der Waals surface area contributed by atoms with Gasteiger partial charge in [0.1, 0.15) is 0 Å². The van der Waals surface area contributed by atoms with Crippen molar-refractivity contribution in [3.8, 4) is 0 Å². The number of anilines is 1. The molecular weight excluding hydrogens is 307 g/mol. The topological polar surface area (TPSA) is 33.5 Å². The number of carbonyl (C=O) groups is 1. The van der Waals surface area contributed by atoms with E-state index in [2.05, 4.69) is 19.2 Å². The summed E-state index contributed by atoms with van der Waals surface area (Å²) in [5.74, 6) is 1.28. The lowest BCUT2D eigenvalue weighted by Gasteiger charge is -2.35. The Kier molecular flexibility index (Phi) is 5.53. The zero-order chi connectivity index (χ0) is 15.6. The van der Waals surface area contributed by atoms with Crippen molar-refractivity contribution >= 4 is 34.8 Å². The average Bonchev–Trinajstić information content (AvgIpc) is 2.41. The second-order valence-electron chi connectivity index (χ2n) is 6.32. The lowest BCUT2D eigenvalue weighted by molar-refractivity contribution is -0.925. The van der Waals surface area contributed by atoms with E-state index in [4.69, 9.17) is 23.2 Å². The lowest BCUT2D eigenvalue weighted by Crippen LogP contribution is -3.18. The molecule has 2 N–H and O–H groups in total. The molecule has 0 aromatic heterocycles. The van der Waals surface area contributed by atoms with E-state index in [0.29, 0.717) is 27.6 Å². The highest BCUT2D eigenvalue weighted by molar-refractivity contribution is 6.39. The van der Waals surface area contributed by atoms with Crippen molar-refractivity contribution in [2.75, 3.05) is 18.4 Å². The first-order valence-corrected chi connectivity index (χ1v) is 8.23. The number of rotatable bonds is 3. The summed E-state index contributed by atoms with van der Waals surface area (Å²) >= 11 is 12.2. The summed E-state index contributed by atoms with van der Waals surface area (Å²) < 4.78 is 0. The second kappa shape index (κ2) is 6.99. The first-order chi connectivity index (χ1) is 9.88. The maximum absolute atomic E-state index is 12.5. The molecule has 0 saturated carbocycles. The number of benzene rings is 1. The molecule has 1 aromatic carbocycles. The molecule has 1 amide bonds. The van der Waals surface area contributed by atoms with E-state index in [0.717, 1.165) is 13.1 Å². The van der Waals surface area contributed by atoms with Gasteiger partial charge in [-0.2, -0.15) is 0 Å². The maximum atomic E-state index is 12.5. The SMILES string of the molecule is C[C@H]1C[C@H](C)C[NH+]([C@@H](C)C(=O)Nc2c(Cl)cccc2Cl)C1. The predicted molar refractivity (Wildman–Crippen MR) is 88.2 cm³/mol. The van der Waals surface area contributed by atoms with Crippen molar-refractivity contribution in [2.24, 2.45) is 11.8 Å². The molecule has 1 saturated heterocycles. The Morgan fingerprint density at radius 1 is 1.24 bits per heavy atom. The van der Waals surface area contributed by atoms with E-state index < -0.39 is 0 Å². The van der Waals surface area contributed by atoms with Crippen molar-refractivity contribution in [1.82, 2.24) is 0 Å². The van der Waals surface area contributed by atoms with Crippen LogP contribution in [0.15, 0.2) is 18.2 Å². The van der Waals surface area contributed by atoms with Crippen LogP contribution in [0.4, 0.5) is 5.69 Å². The fraction of sp³-hybridized carbons (Fsp3) is 0.562. The van der Waals surface area contributed by atoms with Crippen LogP contribution in [0.5, 0.6) is 0 Å². The zero-order valence-corrected chi connectivity index (χ0v) is 14.3. The number of para-hydroxylation sites is 1. The summed E-state index contributed by atoms with van der Waals surface area (Å²) in [7, 11) is 0. The molecule has 1 aliphatic heterocycles. The van der Waals surface area contributed by atoms with Crippen LogP contribution in [0, 0.1) is 11.8 Å². The van der Waals surface area contributed by atoms with Crippen molar-refractivity contribution in [2.45, 2.75) is 33.2 Å². The summed E-state index contributed by atoms with van der Waals surface area (Å²) in [6.45, 7) is 8.56. The smallest absolute Gasteiger partial charge is 0.282 e. The van der Waals surface area contributed by atoms with Gasteiger partial charge >= 0.3 is 0 Å². The van der Waals surface area contributed by atoms with E-state index >= 15 is 0 Å². The van der Waals surface area contributed by atoms with Gasteiger partial charge in [-0.3, -0.25) is 4.79 Å². The van der Waals surface area contributed by atoms with Crippen LogP contribution in [0.3, 0.4) is 0 Å². The highest BCUT2D eigenvalue weighted by Gasteiger charge is 2.32. The molecule has 1 heterocycles. The number of nitrogens with one attached hydrogen (secondary N) is 2. The minimum atomic E-state index is -0.109. The number of hydrogen-bond acceptors (Lipinski definition) is 1. The van der Waals surface area contributed by atoms with Gasteiger partial charge < -0.3 is 10.2 Å². The highest BCUT2D eigenvalue weighted by atomic mass is 35.5. The molecule has 0 radical (unpaired) electrons. The van der Waals surface area contributed by atoms with Gasteiger partial charge in [-0.25, -0.2) is 0 Å². The van der Waals surface area contributed by atoms with Crippen molar-refractivity contribution in [1.29, 1.82) is 0 Å². The molecule has 3 nitrogen and oxygen atoms in total. The molecule has 0 spiro atoms. The largest absolute Gasteiger partial charge is 0.324 e. The van der Waals surface area contributed by atoms with Gasteiger partial charge in [0.2, 0.25) is 0 Å². The minimum Gasteiger partial charge on any atom is -0.324 e. The van der Waals surface area contributed by atoms with Gasteiger partial charge in [-0.15, -0.1) is 0 Å². The number of likely N-dealkylation sites (tertiary alicyclic amines) is 1. The number of piperidine rings is 1. The lowest BCUT2D eigenvalue weighted by atomic mass is 9.91. The summed E-state index contributed by atoms with van der Waals surface area (Å²) in [6.07, 6.45) is 1.24. The minimum absolute atomic E-state index is 0.0266. The molecule has 0 bridgehead atoms. The molecule has 2 rings (SSSR count). The van der Waals surface area contributed by atoms with Gasteiger partial charge in [-0.1, -0.05) is 43.1 Å². The van der Waals surface area contributed by atoms with Crippen molar-refractivity contribution < 1.29 is 9.69 Å². The first kappa shape index (κ1) is 16.6. The molecule has 1 aromatic rings. The monoisotopic (exact) mass is 329 g/mol. The van der Waals surface area contributed by atoms with E-state index in [1.54, 1.807) is 18.2 Å². The number of quaternary nitrogens is 1. The third-order valence-corrected chi connectivity index (χ3v) is 4.87. The summed E-state index contributed by atoms with van der Waals surface area (Å²) in [5.41, 5.74) is 0.509. The molecule has 3 atom stereocenters. The molecule has 1 aliphatic rings. The Morgan fingerprint density at radius 2 is 1.76 bits per heavy atom.